The standard InChI is InChI=1S/C26H22FN5O2/c27-21-5-1-6-22(12-21)34-25-8-2-7-24(31-25)19-4-3-11-32(16-19)26(33)18-9-10-23(30-15-18)20-13-28-17-29-14-20/h1-2,5-10,12-15,17,19H,3-4,11,16H2/t19-/m0/s1. The van der Waals surface area contributed by atoms with Crippen molar-refractivity contribution in [2.45, 2.75) is 18.8 Å². The van der Waals surface area contributed by atoms with Crippen LogP contribution in [0.1, 0.15) is 34.8 Å². The van der Waals surface area contributed by atoms with Crippen LogP contribution >= 0.6 is 0 Å². The molecular formula is C26H22FN5O2. The highest BCUT2D eigenvalue weighted by atomic mass is 19.1. The van der Waals surface area contributed by atoms with E-state index in [1.54, 1.807) is 42.9 Å². The predicted molar refractivity (Wildman–Crippen MR) is 124 cm³/mol. The van der Waals surface area contributed by atoms with E-state index in [9.17, 15) is 9.18 Å². The van der Waals surface area contributed by atoms with Crippen molar-refractivity contribution in [3.63, 3.8) is 0 Å². The fourth-order valence-electron chi connectivity index (χ4n) is 4.07. The molecule has 0 unspecified atom stereocenters. The van der Waals surface area contributed by atoms with E-state index in [1.807, 2.05) is 23.1 Å². The molecule has 8 heteroatoms. The van der Waals surface area contributed by atoms with Crippen LogP contribution in [0.25, 0.3) is 11.3 Å². The second-order valence-electron chi connectivity index (χ2n) is 8.11. The summed E-state index contributed by atoms with van der Waals surface area (Å²) in [6, 6.07) is 15.1. The number of carbonyl (C=O) groups is 1. The van der Waals surface area contributed by atoms with E-state index in [0.29, 0.717) is 36.0 Å². The summed E-state index contributed by atoms with van der Waals surface area (Å²) in [5.41, 5.74) is 2.90. The summed E-state index contributed by atoms with van der Waals surface area (Å²) in [4.78, 5) is 32.0. The summed E-state index contributed by atoms with van der Waals surface area (Å²) in [5, 5.41) is 0. The van der Waals surface area contributed by atoms with Gasteiger partial charge in [-0.2, -0.15) is 0 Å². The van der Waals surface area contributed by atoms with Crippen molar-refractivity contribution in [1.82, 2.24) is 24.8 Å². The Hall–Kier alpha value is -4.20. The van der Waals surface area contributed by atoms with Gasteiger partial charge in [0.2, 0.25) is 5.88 Å². The smallest absolute Gasteiger partial charge is 0.255 e. The summed E-state index contributed by atoms with van der Waals surface area (Å²) in [6.45, 7) is 1.24. The van der Waals surface area contributed by atoms with E-state index in [1.165, 1.54) is 18.5 Å². The molecule has 4 aromatic rings. The number of benzene rings is 1. The molecule has 1 aromatic carbocycles. The Morgan fingerprint density at radius 3 is 2.68 bits per heavy atom. The molecule has 1 amide bonds. The highest BCUT2D eigenvalue weighted by molar-refractivity contribution is 5.94. The highest BCUT2D eigenvalue weighted by Gasteiger charge is 2.27. The number of rotatable bonds is 5. The van der Waals surface area contributed by atoms with Gasteiger partial charge in [0.05, 0.1) is 11.3 Å². The van der Waals surface area contributed by atoms with Gasteiger partial charge in [0, 0.05) is 61.0 Å². The van der Waals surface area contributed by atoms with Crippen LogP contribution in [-0.2, 0) is 0 Å². The van der Waals surface area contributed by atoms with E-state index in [-0.39, 0.29) is 17.6 Å². The molecule has 1 aliphatic rings. The molecule has 0 radical (unpaired) electrons. The van der Waals surface area contributed by atoms with Crippen molar-refractivity contribution in [3.05, 3.63) is 96.6 Å². The number of aromatic nitrogens is 4. The fraction of sp³-hybridized carbons (Fsp3) is 0.192. The maximum atomic E-state index is 13.5. The Morgan fingerprint density at radius 2 is 1.88 bits per heavy atom. The third-order valence-corrected chi connectivity index (χ3v) is 5.76. The zero-order valence-electron chi connectivity index (χ0n) is 18.3. The number of halogens is 1. The summed E-state index contributed by atoms with van der Waals surface area (Å²) in [7, 11) is 0. The van der Waals surface area contributed by atoms with Gasteiger partial charge in [-0.3, -0.25) is 9.78 Å². The lowest BCUT2D eigenvalue weighted by Gasteiger charge is -2.32. The quantitative estimate of drug-likeness (QED) is 0.426. The highest BCUT2D eigenvalue weighted by Crippen LogP contribution is 2.29. The van der Waals surface area contributed by atoms with Gasteiger partial charge in [0.1, 0.15) is 17.9 Å². The van der Waals surface area contributed by atoms with Gasteiger partial charge < -0.3 is 9.64 Å². The van der Waals surface area contributed by atoms with Gasteiger partial charge in [0.15, 0.2) is 0 Å². The lowest BCUT2D eigenvalue weighted by molar-refractivity contribution is 0.0705. The minimum atomic E-state index is -0.366. The molecule has 0 saturated carbocycles. The van der Waals surface area contributed by atoms with Gasteiger partial charge in [0.25, 0.3) is 5.91 Å². The van der Waals surface area contributed by atoms with Crippen LogP contribution in [-0.4, -0.2) is 43.8 Å². The first kappa shape index (κ1) is 21.6. The maximum absolute atomic E-state index is 13.5. The molecule has 7 nitrogen and oxygen atoms in total. The largest absolute Gasteiger partial charge is 0.439 e. The van der Waals surface area contributed by atoms with Crippen LogP contribution in [0.3, 0.4) is 0 Å². The average molecular weight is 455 g/mol. The fourth-order valence-corrected chi connectivity index (χ4v) is 4.07. The number of nitrogens with zero attached hydrogens (tertiary/aromatic N) is 5. The van der Waals surface area contributed by atoms with Crippen LogP contribution in [0.2, 0.25) is 0 Å². The number of amides is 1. The lowest BCUT2D eigenvalue weighted by Crippen LogP contribution is -2.39. The monoisotopic (exact) mass is 455 g/mol. The minimum absolute atomic E-state index is 0.0553. The number of ether oxygens (including phenoxy) is 1. The Morgan fingerprint density at radius 1 is 1.03 bits per heavy atom. The molecular weight excluding hydrogens is 433 g/mol. The Labute approximate surface area is 196 Å². The van der Waals surface area contributed by atoms with Gasteiger partial charge >= 0.3 is 0 Å². The molecule has 0 bridgehead atoms. The van der Waals surface area contributed by atoms with Crippen LogP contribution in [0.4, 0.5) is 4.39 Å². The Kier molecular flexibility index (Phi) is 6.20. The molecule has 1 fully saturated rings. The summed E-state index contributed by atoms with van der Waals surface area (Å²) < 4.78 is 19.2. The average Bonchev–Trinajstić information content (AvgIpc) is 2.89. The topological polar surface area (TPSA) is 81.1 Å². The summed E-state index contributed by atoms with van der Waals surface area (Å²) >= 11 is 0. The molecule has 170 valence electrons. The first-order valence-corrected chi connectivity index (χ1v) is 11.1. The predicted octanol–water partition coefficient (Wildman–Crippen LogP) is 4.88. The third kappa shape index (κ3) is 4.91. The van der Waals surface area contributed by atoms with Crippen LogP contribution in [0.5, 0.6) is 11.6 Å². The molecule has 0 spiro atoms. The van der Waals surface area contributed by atoms with Crippen molar-refractivity contribution in [1.29, 1.82) is 0 Å². The molecule has 4 heterocycles. The molecule has 1 atom stereocenters. The van der Waals surface area contributed by atoms with Crippen molar-refractivity contribution in [2.75, 3.05) is 13.1 Å². The molecule has 3 aromatic heterocycles. The van der Waals surface area contributed by atoms with Crippen LogP contribution in [0.15, 0.2) is 79.5 Å². The molecule has 5 rings (SSSR count). The molecule has 0 N–H and O–H groups in total. The van der Waals surface area contributed by atoms with Crippen molar-refractivity contribution in [3.8, 4) is 22.9 Å². The van der Waals surface area contributed by atoms with E-state index >= 15 is 0 Å². The zero-order valence-corrected chi connectivity index (χ0v) is 18.3. The number of carbonyl (C=O) groups excluding carboxylic acids is 1. The van der Waals surface area contributed by atoms with Gasteiger partial charge in [-0.05, 0) is 43.2 Å². The van der Waals surface area contributed by atoms with Crippen molar-refractivity contribution < 1.29 is 13.9 Å². The van der Waals surface area contributed by atoms with E-state index < -0.39 is 0 Å². The van der Waals surface area contributed by atoms with Crippen LogP contribution in [0, 0.1) is 5.82 Å². The van der Waals surface area contributed by atoms with E-state index in [2.05, 4.69) is 19.9 Å². The second kappa shape index (κ2) is 9.74. The first-order chi connectivity index (χ1) is 16.7. The van der Waals surface area contributed by atoms with Crippen molar-refractivity contribution in [2.24, 2.45) is 0 Å². The second-order valence-corrected chi connectivity index (χ2v) is 8.11. The zero-order chi connectivity index (χ0) is 23.3. The van der Waals surface area contributed by atoms with E-state index in [0.717, 1.165) is 24.1 Å². The van der Waals surface area contributed by atoms with Crippen LogP contribution < -0.4 is 4.74 Å². The first-order valence-electron chi connectivity index (χ1n) is 11.1. The Bertz CT molecular complexity index is 1280. The summed E-state index contributed by atoms with van der Waals surface area (Å²) in [5.74, 6) is 0.455. The number of hydrogen-bond donors (Lipinski definition) is 0. The molecule has 0 aliphatic carbocycles. The van der Waals surface area contributed by atoms with Crippen molar-refractivity contribution >= 4 is 5.91 Å². The number of likely N-dealkylation sites (tertiary alicyclic amines) is 1. The third-order valence-electron chi connectivity index (χ3n) is 5.76. The van der Waals surface area contributed by atoms with Gasteiger partial charge in [-0.25, -0.2) is 19.3 Å². The number of pyridine rings is 2. The SMILES string of the molecule is O=C(c1ccc(-c2cncnc2)nc1)N1CCC[C@H](c2cccc(Oc3cccc(F)c3)n2)C1. The Balaban J connectivity index is 1.28. The molecule has 34 heavy (non-hydrogen) atoms. The van der Waals surface area contributed by atoms with E-state index in [4.69, 9.17) is 4.74 Å². The maximum Gasteiger partial charge on any atom is 0.255 e. The number of piperidine rings is 1. The van der Waals surface area contributed by atoms with Gasteiger partial charge in [-0.15, -0.1) is 0 Å². The lowest BCUT2D eigenvalue weighted by atomic mass is 9.94. The summed E-state index contributed by atoms with van der Waals surface area (Å²) in [6.07, 6.45) is 8.23. The minimum Gasteiger partial charge on any atom is -0.439 e. The number of hydrogen-bond acceptors (Lipinski definition) is 6. The normalized spacial score (nSPS) is 15.7. The molecule has 1 aliphatic heterocycles. The van der Waals surface area contributed by atoms with Gasteiger partial charge in [-0.1, -0.05) is 12.1 Å². The molecule has 1 saturated heterocycles.